The molecule has 0 bridgehead atoms. The number of likely N-dealkylation sites (N-methyl/N-ethyl adjacent to an activating group) is 1. The lowest BCUT2D eigenvalue weighted by Gasteiger charge is -2.25. The van der Waals surface area contributed by atoms with Gasteiger partial charge in [-0.05, 0) is 17.2 Å². The number of aliphatic hydroxyl groups excluding tert-OH is 1. The van der Waals surface area contributed by atoms with Crippen molar-refractivity contribution < 1.29 is 10.0 Å². The van der Waals surface area contributed by atoms with Crippen molar-refractivity contribution in [3.63, 3.8) is 0 Å². The molecule has 0 fully saturated rings. The fraction of sp³-hybridized carbons (Fsp3) is 0.250. The van der Waals surface area contributed by atoms with E-state index >= 15 is 0 Å². The smallest absolute Gasteiger partial charge is 0.269 e. The second-order valence-electron chi connectivity index (χ2n) is 5.25. The zero-order valence-electron chi connectivity index (χ0n) is 11.6. The molecular formula is C16H16N2O3. The molecule has 1 N–H and O–H groups in total. The Kier molecular flexibility index (Phi) is 3.35. The Morgan fingerprint density at radius 2 is 1.95 bits per heavy atom. The van der Waals surface area contributed by atoms with Crippen LogP contribution in [0.4, 0.5) is 11.4 Å². The molecule has 5 heteroatoms. The highest BCUT2D eigenvalue weighted by Gasteiger charge is 2.37. The highest BCUT2D eigenvalue weighted by Crippen LogP contribution is 2.44. The molecule has 0 amide bonds. The molecular weight excluding hydrogens is 268 g/mol. The van der Waals surface area contributed by atoms with E-state index in [0.717, 1.165) is 16.8 Å². The van der Waals surface area contributed by atoms with Gasteiger partial charge in [0.2, 0.25) is 0 Å². The number of nitrogens with zero attached hydrogens (tertiary/aromatic N) is 2. The molecule has 0 aliphatic carbocycles. The summed E-state index contributed by atoms with van der Waals surface area (Å²) in [7, 11) is 1.91. The summed E-state index contributed by atoms with van der Waals surface area (Å²) in [6.45, 7) is -0.00145. The minimum Gasteiger partial charge on any atom is -0.394 e. The van der Waals surface area contributed by atoms with Crippen LogP contribution in [0.25, 0.3) is 0 Å². The molecule has 0 saturated heterocycles. The van der Waals surface area contributed by atoms with E-state index in [1.807, 2.05) is 42.3 Å². The first-order valence-corrected chi connectivity index (χ1v) is 6.80. The Balaban J connectivity index is 2.16. The summed E-state index contributed by atoms with van der Waals surface area (Å²) in [5.41, 5.74) is 2.98. The molecule has 108 valence electrons. The van der Waals surface area contributed by atoms with E-state index < -0.39 is 0 Å². The van der Waals surface area contributed by atoms with Gasteiger partial charge in [0.1, 0.15) is 0 Å². The zero-order valence-corrected chi connectivity index (χ0v) is 11.6. The van der Waals surface area contributed by atoms with Crippen molar-refractivity contribution in [1.29, 1.82) is 0 Å². The third kappa shape index (κ3) is 2.15. The lowest BCUT2D eigenvalue weighted by molar-refractivity contribution is -0.384. The Labute approximate surface area is 122 Å². The summed E-state index contributed by atoms with van der Waals surface area (Å²) in [6.07, 6.45) is 0. The molecule has 0 unspecified atom stereocenters. The van der Waals surface area contributed by atoms with Crippen molar-refractivity contribution in [3.05, 3.63) is 69.8 Å². The average molecular weight is 284 g/mol. The van der Waals surface area contributed by atoms with Crippen LogP contribution < -0.4 is 4.90 Å². The minimum absolute atomic E-state index is 0.00145. The van der Waals surface area contributed by atoms with Crippen LogP contribution in [0.2, 0.25) is 0 Å². The van der Waals surface area contributed by atoms with Gasteiger partial charge in [0.15, 0.2) is 0 Å². The van der Waals surface area contributed by atoms with Gasteiger partial charge < -0.3 is 10.0 Å². The van der Waals surface area contributed by atoms with Crippen LogP contribution in [0.15, 0.2) is 48.5 Å². The maximum atomic E-state index is 11.0. The van der Waals surface area contributed by atoms with Crippen LogP contribution >= 0.6 is 0 Å². The van der Waals surface area contributed by atoms with Crippen LogP contribution in [-0.4, -0.2) is 29.7 Å². The summed E-state index contributed by atoms with van der Waals surface area (Å²) < 4.78 is 0. The molecule has 5 nitrogen and oxygen atoms in total. The molecule has 2 aromatic rings. The van der Waals surface area contributed by atoms with Gasteiger partial charge in [-0.1, -0.05) is 30.3 Å². The summed E-state index contributed by atoms with van der Waals surface area (Å²) >= 11 is 0. The van der Waals surface area contributed by atoms with E-state index in [2.05, 4.69) is 0 Å². The van der Waals surface area contributed by atoms with Crippen molar-refractivity contribution in [2.45, 2.75) is 12.0 Å². The third-order valence-electron chi connectivity index (χ3n) is 4.16. The second-order valence-corrected chi connectivity index (χ2v) is 5.25. The summed E-state index contributed by atoms with van der Waals surface area (Å²) in [5.74, 6) is -0.0592. The number of benzene rings is 2. The summed E-state index contributed by atoms with van der Waals surface area (Å²) in [6, 6.07) is 14.6. The zero-order chi connectivity index (χ0) is 15.0. The van der Waals surface area contributed by atoms with Gasteiger partial charge in [-0.3, -0.25) is 10.1 Å². The van der Waals surface area contributed by atoms with Gasteiger partial charge >= 0.3 is 0 Å². The number of non-ortho nitro benzene ring substituents is 1. The number of hydrogen-bond donors (Lipinski definition) is 1. The van der Waals surface area contributed by atoms with Crippen molar-refractivity contribution in [1.82, 2.24) is 0 Å². The molecule has 0 radical (unpaired) electrons. The number of rotatable bonds is 3. The van der Waals surface area contributed by atoms with E-state index in [-0.39, 0.29) is 29.2 Å². The van der Waals surface area contributed by atoms with Crippen LogP contribution in [0.1, 0.15) is 17.0 Å². The predicted molar refractivity (Wildman–Crippen MR) is 80.7 cm³/mol. The first-order valence-electron chi connectivity index (χ1n) is 6.80. The van der Waals surface area contributed by atoms with Crippen molar-refractivity contribution in [2.75, 3.05) is 18.6 Å². The molecule has 2 aromatic carbocycles. The van der Waals surface area contributed by atoms with Crippen molar-refractivity contribution in [3.8, 4) is 0 Å². The van der Waals surface area contributed by atoms with E-state index in [4.69, 9.17) is 0 Å². The van der Waals surface area contributed by atoms with Gasteiger partial charge in [0.05, 0.1) is 17.6 Å². The molecule has 0 aromatic heterocycles. The van der Waals surface area contributed by atoms with Crippen LogP contribution in [0.5, 0.6) is 0 Å². The number of nitro groups is 1. The molecule has 0 spiro atoms. The lowest BCUT2D eigenvalue weighted by Crippen LogP contribution is -2.34. The summed E-state index contributed by atoms with van der Waals surface area (Å²) in [5, 5.41) is 20.8. The highest BCUT2D eigenvalue weighted by molar-refractivity contribution is 5.67. The summed E-state index contributed by atoms with van der Waals surface area (Å²) in [4.78, 5) is 12.6. The molecule has 1 aliphatic heterocycles. The molecule has 1 heterocycles. The van der Waals surface area contributed by atoms with E-state index in [0.29, 0.717) is 0 Å². The van der Waals surface area contributed by atoms with Gasteiger partial charge in [-0.15, -0.1) is 0 Å². The molecule has 3 rings (SSSR count). The number of hydrogen-bond acceptors (Lipinski definition) is 4. The van der Waals surface area contributed by atoms with Crippen LogP contribution in [-0.2, 0) is 0 Å². The second kappa shape index (κ2) is 5.18. The van der Waals surface area contributed by atoms with E-state index in [9.17, 15) is 15.2 Å². The van der Waals surface area contributed by atoms with Gasteiger partial charge in [-0.25, -0.2) is 0 Å². The van der Waals surface area contributed by atoms with Gasteiger partial charge in [0.25, 0.3) is 5.69 Å². The third-order valence-corrected chi connectivity index (χ3v) is 4.16. The van der Waals surface area contributed by atoms with Gasteiger partial charge in [0, 0.05) is 30.8 Å². The van der Waals surface area contributed by atoms with Crippen LogP contribution in [0.3, 0.4) is 0 Å². The first-order chi connectivity index (χ1) is 10.1. The number of fused-ring (bicyclic) bond motifs is 1. The maximum Gasteiger partial charge on any atom is 0.269 e. The van der Waals surface area contributed by atoms with E-state index in [1.54, 1.807) is 12.1 Å². The number of nitro benzene ring substituents is 1. The largest absolute Gasteiger partial charge is 0.394 e. The average Bonchev–Trinajstić information content (AvgIpc) is 2.80. The fourth-order valence-corrected chi connectivity index (χ4v) is 3.13. The molecule has 1 aliphatic rings. The normalized spacial score (nSPS) is 20.4. The predicted octanol–water partition coefficient (Wildman–Crippen LogP) is 2.54. The standard InChI is InChI=1S/C16H16N2O3/c1-17-14-8-7-12(18(20)21)9-13(14)16(15(17)10-19)11-5-3-2-4-6-11/h2-9,15-16,19H,10H2,1H3/t15-,16-/m1/s1. The van der Waals surface area contributed by atoms with Gasteiger partial charge in [-0.2, -0.15) is 0 Å². The first kappa shape index (κ1) is 13.6. The van der Waals surface area contributed by atoms with Crippen LogP contribution in [0, 0.1) is 10.1 Å². The fourth-order valence-electron chi connectivity index (χ4n) is 3.13. The molecule has 21 heavy (non-hydrogen) atoms. The quantitative estimate of drug-likeness (QED) is 0.694. The van der Waals surface area contributed by atoms with Crippen molar-refractivity contribution in [2.24, 2.45) is 0 Å². The molecule has 2 atom stereocenters. The minimum atomic E-state index is -0.380. The Morgan fingerprint density at radius 3 is 2.57 bits per heavy atom. The number of anilines is 1. The Hall–Kier alpha value is -2.40. The monoisotopic (exact) mass is 284 g/mol. The topological polar surface area (TPSA) is 66.6 Å². The highest BCUT2D eigenvalue weighted by atomic mass is 16.6. The maximum absolute atomic E-state index is 11.0. The van der Waals surface area contributed by atoms with Crippen molar-refractivity contribution >= 4 is 11.4 Å². The Morgan fingerprint density at radius 1 is 1.24 bits per heavy atom. The number of aliphatic hydroxyl groups is 1. The Bertz CT molecular complexity index is 672. The SMILES string of the molecule is CN1c2ccc([N+](=O)[O-])cc2[C@@H](c2ccccc2)[C@H]1CO. The molecule has 0 saturated carbocycles. The lowest BCUT2D eigenvalue weighted by atomic mass is 9.88. The van der Waals surface area contributed by atoms with E-state index in [1.165, 1.54) is 6.07 Å².